The molecule has 0 aliphatic rings. The minimum atomic E-state index is -0.482. The number of nitrogens with one attached hydrogen (secondary N) is 1. The monoisotopic (exact) mass is 292 g/mol. The summed E-state index contributed by atoms with van der Waals surface area (Å²) < 4.78 is 5.14. The van der Waals surface area contributed by atoms with Crippen LogP contribution in [0.4, 0.5) is 4.79 Å². The highest BCUT2D eigenvalue weighted by Crippen LogP contribution is 2.22. The molecule has 0 aliphatic carbocycles. The summed E-state index contributed by atoms with van der Waals surface area (Å²) in [6, 6.07) is 9.22. The molecule has 1 atom stereocenters. The fourth-order valence-corrected chi connectivity index (χ4v) is 1.92. The van der Waals surface area contributed by atoms with Gasteiger partial charge in [-0.25, -0.2) is 4.79 Å². The van der Waals surface area contributed by atoms with Gasteiger partial charge >= 0.3 is 6.09 Å². The van der Waals surface area contributed by atoms with Crippen molar-refractivity contribution in [3.05, 3.63) is 40.8 Å². The number of nitrogens with zero attached hydrogens (tertiary/aromatic N) is 1. The van der Waals surface area contributed by atoms with Crippen LogP contribution in [-0.2, 0) is 4.74 Å². The van der Waals surface area contributed by atoms with Crippen molar-refractivity contribution >= 4 is 6.09 Å². The van der Waals surface area contributed by atoms with E-state index >= 15 is 0 Å². The molecule has 1 aromatic rings. The molecule has 0 heterocycles. The smallest absolute Gasteiger partial charge is 0.407 e. The van der Waals surface area contributed by atoms with E-state index in [4.69, 9.17) is 4.74 Å². The highest BCUT2D eigenvalue weighted by atomic mass is 16.6. The zero-order valence-corrected chi connectivity index (χ0v) is 13.0. The molecule has 0 radical (unpaired) electrons. The highest BCUT2D eigenvalue weighted by molar-refractivity contribution is 5.67. The van der Waals surface area contributed by atoms with Gasteiger partial charge in [-0.15, -0.1) is 0 Å². The maximum absolute atomic E-state index is 11.4. The molecule has 0 fully saturated rings. The summed E-state index contributed by atoms with van der Waals surface area (Å²) in [5.74, 6) is 0. The van der Waals surface area contributed by atoms with Crippen LogP contribution < -0.4 is 5.32 Å². The lowest BCUT2D eigenvalue weighted by atomic mass is 10.0. The van der Waals surface area contributed by atoms with E-state index in [0.29, 0.717) is 13.0 Å². The fourth-order valence-electron chi connectivity index (χ4n) is 1.92. The summed E-state index contributed by atoms with van der Waals surface area (Å²) in [6.07, 6.45) is 1.89. The van der Waals surface area contributed by atoms with Crippen LogP contribution in [0.15, 0.2) is 35.5 Å². The van der Waals surface area contributed by atoms with Crippen LogP contribution >= 0.6 is 0 Å². The Balaban J connectivity index is 2.21. The Morgan fingerprint density at radius 2 is 1.90 bits per heavy atom. The Labute approximate surface area is 126 Å². The standard InChI is InChI=1S/C16H24N2O3/c1-16(2,3)21-15(19)17-12-8-7-11-14(18-20)13-9-5-4-6-10-13/h4-6,9-10,14H,7-8,11-12H2,1-3H3,(H,17,19). The highest BCUT2D eigenvalue weighted by Gasteiger charge is 2.15. The van der Waals surface area contributed by atoms with Gasteiger partial charge in [-0.3, -0.25) is 0 Å². The van der Waals surface area contributed by atoms with Gasteiger partial charge in [-0.2, -0.15) is 4.91 Å². The largest absolute Gasteiger partial charge is 0.444 e. The Kier molecular flexibility index (Phi) is 6.85. The Hall–Kier alpha value is -1.91. The number of amides is 1. The van der Waals surface area contributed by atoms with Crippen molar-refractivity contribution in [2.45, 2.75) is 51.7 Å². The SMILES string of the molecule is CC(C)(C)OC(=O)NCCCCC(N=O)c1ccccc1. The molecular weight excluding hydrogens is 268 g/mol. The van der Waals surface area contributed by atoms with Crippen molar-refractivity contribution in [2.24, 2.45) is 5.18 Å². The number of nitroso groups, excluding NO2 is 1. The number of benzene rings is 1. The van der Waals surface area contributed by atoms with Crippen LogP contribution in [0.5, 0.6) is 0 Å². The lowest BCUT2D eigenvalue weighted by Crippen LogP contribution is -2.33. The molecule has 0 bridgehead atoms. The number of hydrogen-bond donors (Lipinski definition) is 1. The second-order valence-electron chi connectivity index (χ2n) is 5.96. The third kappa shape index (κ3) is 7.44. The molecule has 0 aromatic heterocycles. The zero-order valence-electron chi connectivity index (χ0n) is 13.0. The van der Waals surface area contributed by atoms with Crippen LogP contribution in [0.2, 0.25) is 0 Å². The van der Waals surface area contributed by atoms with Gasteiger partial charge in [0.1, 0.15) is 11.6 Å². The lowest BCUT2D eigenvalue weighted by molar-refractivity contribution is 0.0527. The quantitative estimate of drug-likeness (QED) is 0.605. The number of hydrogen-bond acceptors (Lipinski definition) is 4. The molecular formula is C16H24N2O3. The molecule has 0 saturated heterocycles. The zero-order chi connectivity index (χ0) is 15.7. The maximum atomic E-state index is 11.4. The first kappa shape index (κ1) is 17.1. The Bertz CT molecular complexity index is 441. The van der Waals surface area contributed by atoms with E-state index in [0.717, 1.165) is 18.4 Å². The molecule has 5 nitrogen and oxygen atoms in total. The Morgan fingerprint density at radius 3 is 2.48 bits per heavy atom. The Morgan fingerprint density at radius 1 is 1.24 bits per heavy atom. The molecule has 0 aliphatic heterocycles. The summed E-state index contributed by atoms with van der Waals surface area (Å²) in [5, 5.41) is 5.88. The molecule has 1 rings (SSSR count). The predicted molar refractivity (Wildman–Crippen MR) is 83.1 cm³/mol. The van der Waals surface area contributed by atoms with Gasteiger partial charge in [0.15, 0.2) is 0 Å². The molecule has 0 spiro atoms. The van der Waals surface area contributed by atoms with Crippen molar-refractivity contribution in [2.75, 3.05) is 6.54 Å². The van der Waals surface area contributed by atoms with E-state index in [1.807, 2.05) is 51.1 Å². The van der Waals surface area contributed by atoms with Crippen molar-refractivity contribution in [3.8, 4) is 0 Å². The van der Waals surface area contributed by atoms with Crippen molar-refractivity contribution in [1.29, 1.82) is 0 Å². The number of rotatable bonds is 7. The molecule has 1 unspecified atom stereocenters. The van der Waals surface area contributed by atoms with Crippen LogP contribution in [0.25, 0.3) is 0 Å². The van der Waals surface area contributed by atoms with Gasteiger partial charge in [-0.05, 0) is 45.6 Å². The number of ether oxygens (including phenoxy) is 1. The first-order chi connectivity index (χ1) is 9.92. The molecule has 21 heavy (non-hydrogen) atoms. The number of carbonyl (C=O) groups excluding carboxylic acids is 1. The number of carbonyl (C=O) groups is 1. The average Bonchev–Trinajstić information content (AvgIpc) is 2.42. The lowest BCUT2D eigenvalue weighted by Gasteiger charge is -2.19. The van der Waals surface area contributed by atoms with Crippen molar-refractivity contribution < 1.29 is 9.53 Å². The van der Waals surface area contributed by atoms with Crippen LogP contribution in [0, 0.1) is 4.91 Å². The third-order valence-corrected chi connectivity index (χ3v) is 2.88. The third-order valence-electron chi connectivity index (χ3n) is 2.88. The van der Waals surface area contributed by atoms with Crippen LogP contribution in [-0.4, -0.2) is 18.2 Å². The van der Waals surface area contributed by atoms with Gasteiger partial charge < -0.3 is 10.1 Å². The van der Waals surface area contributed by atoms with E-state index in [9.17, 15) is 9.70 Å². The van der Waals surface area contributed by atoms with E-state index in [1.54, 1.807) is 0 Å². The van der Waals surface area contributed by atoms with E-state index in [-0.39, 0.29) is 6.04 Å². The first-order valence-corrected chi connectivity index (χ1v) is 7.26. The molecule has 5 heteroatoms. The molecule has 1 N–H and O–H groups in total. The van der Waals surface area contributed by atoms with E-state index < -0.39 is 11.7 Å². The van der Waals surface area contributed by atoms with Crippen molar-refractivity contribution in [3.63, 3.8) is 0 Å². The number of alkyl carbamates (subject to hydrolysis) is 1. The minimum Gasteiger partial charge on any atom is -0.444 e. The second-order valence-corrected chi connectivity index (χ2v) is 5.96. The molecule has 116 valence electrons. The molecule has 1 amide bonds. The second kappa shape index (κ2) is 8.39. The average molecular weight is 292 g/mol. The fraction of sp³-hybridized carbons (Fsp3) is 0.562. The van der Waals surface area contributed by atoms with Gasteiger partial charge in [0.05, 0.1) is 0 Å². The summed E-state index contributed by atoms with van der Waals surface area (Å²) in [5.41, 5.74) is 0.455. The molecule has 0 saturated carbocycles. The normalized spacial score (nSPS) is 12.5. The maximum Gasteiger partial charge on any atom is 0.407 e. The van der Waals surface area contributed by atoms with E-state index in [1.165, 1.54) is 0 Å². The summed E-state index contributed by atoms with van der Waals surface area (Å²) in [7, 11) is 0. The summed E-state index contributed by atoms with van der Waals surface area (Å²) in [6.45, 7) is 6.02. The van der Waals surface area contributed by atoms with Gasteiger partial charge in [-0.1, -0.05) is 35.5 Å². The van der Waals surface area contributed by atoms with Crippen molar-refractivity contribution in [1.82, 2.24) is 5.32 Å². The predicted octanol–water partition coefficient (Wildman–Crippen LogP) is 4.19. The van der Waals surface area contributed by atoms with Gasteiger partial charge in [0.25, 0.3) is 0 Å². The number of unbranched alkanes of at least 4 members (excludes halogenated alkanes) is 1. The van der Waals surface area contributed by atoms with Gasteiger partial charge in [0.2, 0.25) is 0 Å². The van der Waals surface area contributed by atoms with Crippen LogP contribution in [0.3, 0.4) is 0 Å². The van der Waals surface area contributed by atoms with Crippen LogP contribution in [0.1, 0.15) is 51.6 Å². The summed E-state index contributed by atoms with van der Waals surface area (Å²) >= 11 is 0. The minimum absolute atomic E-state index is 0.312. The topological polar surface area (TPSA) is 67.8 Å². The summed E-state index contributed by atoms with van der Waals surface area (Å²) in [4.78, 5) is 22.3. The first-order valence-electron chi connectivity index (χ1n) is 7.26. The van der Waals surface area contributed by atoms with E-state index in [2.05, 4.69) is 10.5 Å². The molecule has 1 aromatic carbocycles. The van der Waals surface area contributed by atoms with Gasteiger partial charge in [0, 0.05) is 6.54 Å².